The third kappa shape index (κ3) is 4.01. The quantitative estimate of drug-likeness (QED) is 0.884. The molecule has 1 aliphatic heterocycles. The molecule has 0 saturated carbocycles. The van der Waals surface area contributed by atoms with E-state index in [2.05, 4.69) is 36.2 Å². The molecule has 18 heavy (non-hydrogen) atoms. The van der Waals surface area contributed by atoms with Crippen LogP contribution in [0.4, 0.5) is 0 Å². The Bertz CT molecular complexity index is 344. The summed E-state index contributed by atoms with van der Waals surface area (Å²) in [5, 5.41) is 10.3. The Kier molecular flexibility index (Phi) is 5.54. The second-order valence-corrected chi connectivity index (χ2v) is 6.22. The van der Waals surface area contributed by atoms with Crippen molar-refractivity contribution in [2.75, 3.05) is 25.1 Å². The number of nitrogens with zero attached hydrogens (tertiary/aromatic N) is 1. The molecule has 0 radical (unpaired) electrons. The molecule has 1 aromatic carbocycles. The Hall–Kier alpha value is -0.510. The number of hydrogen-bond donors (Lipinski definition) is 1. The van der Waals surface area contributed by atoms with Crippen molar-refractivity contribution in [1.82, 2.24) is 4.90 Å². The largest absolute Gasteiger partial charge is 0.391 e. The maximum absolute atomic E-state index is 10.3. The molecule has 0 aliphatic carbocycles. The minimum absolute atomic E-state index is 0.175. The summed E-state index contributed by atoms with van der Waals surface area (Å²) in [5.41, 5.74) is 1.37. The number of thioether (sulfide) groups is 1. The molecule has 2 rings (SSSR count). The highest BCUT2D eigenvalue weighted by atomic mass is 32.2. The van der Waals surface area contributed by atoms with Gasteiger partial charge in [0.1, 0.15) is 0 Å². The summed E-state index contributed by atoms with van der Waals surface area (Å²) >= 11 is 1.96. The van der Waals surface area contributed by atoms with Crippen LogP contribution < -0.4 is 0 Å². The number of hydrogen-bond acceptors (Lipinski definition) is 3. The summed E-state index contributed by atoms with van der Waals surface area (Å²) in [6, 6.07) is 10.9. The van der Waals surface area contributed by atoms with E-state index in [9.17, 15) is 5.11 Å². The van der Waals surface area contributed by atoms with Gasteiger partial charge < -0.3 is 5.11 Å². The van der Waals surface area contributed by atoms with Crippen molar-refractivity contribution < 1.29 is 5.11 Å². The molecule has 100 valence electrons. The van der Waals surface area contributed by atoms with E-state index in [-0.39, 0.29) is 6.10 Å². The molecule has 2 atom stereocenters. The molecule has 0 spiro atoms. The van der Waals surface area contributed by atoms with Gasteiger partial charge in [-0.15, -0.1) is 0 Å². The lowest BCUT2D eigenvalue weighted by Gasteiger charge is -2.35. The van der Waals surface area contributed by atoms with Gasteiger partial charge in [0.25, 0.3) is 0 Å². The van der Waals surface area contributed by atoms with Crippen LogP contribution >= 0.6 is 11.8 Å². The van der Waals surface area contributed by atoms with Gasteiger partial charge in [-0.2, -0.15) is 11.8 Å². The number of rotatable bonds is 5. The van der Waals surface area contributed by atoms with Crippen LogP contribution in [0.2, 0.25) is 0 Å². The van der Waals surface area contributed by atoms with Crippen molar-refractivity contribution >= 4 is 11.8 Å². The highest BCUT2D eigenvalue weighted by Crippen LogP contribution is 2.20. The summed E-state index contributed by atoms with van der Waals surface area (Å²) < 4.78 is 0. The number of aryl methyl sites for hydroxylation is 1. The van der Waals surface area contributed by atoms with Gasteiger partial charge in [0.2, 0.25) is 0 Å². The van der Waals surface area contributed by atoms with E-state index >= 15 is 0 Å². The summed E-state index contributed by atoms with van der Waals surface area (Å²) in [4.78, 5) is 2.31. The van der Waals surface area contributed by atoms with Gasteiger partial charge in [0.05, 0.1) is 6.10 Å². The van der Waals surface area contributed by atoms with E-state index in [0.29, 0.717) is 6.04 Å². The zero-order valence-corrected chi connectivity index (χ0v) is 11.9. The molecule has 3 heteroatoms. The topological polar surface area (TPSA) is 23.5 Å². The van der Waals surface area contributed by atoms with Crippen molar-refractivity contribution in [3.05, 3.63) is 35.9 Å². The Morgan fingerprint density at radius 1 is 1.39 bits per heavy atom. The Morgan fingerprint density at radius 2 is 2.17 bits per heavy atom. The molecule has 1 N–H and O–H groups in total. The zero-order chi connectivity index (χ0) is 12.8. The van der Waals surface area contributed by atoms with Crippen molar-refractivity contribution in [2.45, 2.75) is 31.4 Å². The molecular weight excluding hydrogens is 242 g/mol. The van der Waals surface area contributed by atoms with E-state index in [1.807, 2.05) is 17.8 Å². The maximum Gasteiger partial charge on any atom is 0.0703 e. The molecule has 0 aromatic heterocycles. The average molecular weight is 265 g/mol. The van der Waals surface area contributed by atoms with Gasteiger partial charge in [-0.25, -0.2) is 0 Å². The number of likely N-dealkylation sites (N-methyl/N-ethyl adjacent to an activating group) is 1. The Balaban J connectivity index is 1.72. The first-order valence-corrected chi connectivity index (χ1v) is 7.93. The van der Waals surface area contributed by atoms with Crippen LogP contribution in [0.1, 0.15) is 18.4 Å². The third-order valence-electron chi connectivity index (χ3n) is 3.70. The maximum atomic E-state index is 10.3. The summed E-state index contributed by atoms with van der Waals surface area (Å²) in [7, 11) is 2.13. The fraction of sp³-hybridized carbons (Fsp3) is 0.600. The SMILES string of the molecule is CN1CCSCC1C(O)CCCc1ccccc1. The van der Waals surface area contributed by atoms with Crippen molar-refractivity contribution in [3.63, 3.8) is 0 Å². The number of aliphatic hydroxyl groups is 1. The molecule has 2 nitrogen and oxygen atoms in total. The van der Waals surface area contributed by atoms with Crippen LogP contribution in [0, 0.1) is 0 Å². The smallest absolute Gasteiger partial charge is 0.0703 e. The minimum Gasteiger partial charge on any atom is -0.391 e. The van der Waals surface area contributed by atoms with E-state index in [1.165, 1.54) is 11.3 Å². The van der Waals surface area contributed by atoms with Crippen molar-refractivity contribution in [2.24, 2.45) is 0 Å². The lowest BCUT2D eigenvalue weighted by Crippen LogP contribution is -2.47. The van der Waals surface area contributed by atoms with E-state index in [4.69, 9.17) is 0 Å². The van der Waals surface area contributed by atoms with Gasteiger partial charge in [-0.05, 0) is 31.9 Å². The Labute approximate surface area is 114 Å². The first kappa shape index (κ1) is 13.9. The predicted octanol–water partition coefficient (Wildman–Crippen LogP) is 2.42. The van der Waals surface area contributed by atoms with Crippen LogP contribution in [0.5, 0.6) is 0 Å². The molecule has 0 amide bonds. The van der Waals surface area contributed by atoms with E-state index < -0.39 is 0 Å². The monoisotopic (exact) mass is 265 g/mol. The standard InChI is InChI=1S/C15H23NOS/c1-16-10-11-18-12-14(16)15(17)9-5-8-13-6-3-2-4-7-13/h2-4,6-7,14-15,17H,5,8-12H2,1H3. The summed E-state index contributed by atoms with van der Waals surface area (Å²) in [6.07, 6.45) is 2.87. The lowest BCUT2D eigenvalue weighted by atomic mass is 10.0. The second kappa shape index (κ2) is 7.17. The normalized spacial score (nSPS) is 22.9. The predicted molar refractivity (Wildman–Crippen MR) is 79.1 cm³/mol. The van der Waals surface area contributed by atoms with Crippen LogP contribution in [0.25, 0.3) is 0 Å². The highest BCUT2D eigenvalue weighted by molar-refractivity contribution is 7.99. The van der Waals surface area contributed by atoms with Crippen LogP contribution in [0.3, 0.4) is 0 Å². The van der Waals surface area contributed by atoms with Gasteiger partial charge in [-0.3, -0.25) is 4.90 Å². The number of aliphatic hydroxyl groups excluding tert-OH is 1. The lowest BCUT2D eigenvalue weighted by molar-refractivity contribution is 0.0680. The third-order valence-corrected chi connectivity index (χ3v) is 4.74. The van der Waals surface area contributed by atoms with Gasteiger partial charge >= 0.3 is 0 Å². The first-order chi connectivity index (χ1) is 8.77. The zero-order valence-electron chi connectivity index (χ0n) is 11.1. The fourth-order valence-corrected chi connectivity index (χ4v) is 3.76. The van der Waals surface area contributed by atoms with Gasteiger partial charge in [0, 0.05) is 24.1 Å². The molecule has 1 fully saturated rings. The van der Waals surface area contributed by atoms with Crippen LogP contribution in [-0.2, 0) is 6.42 Å². The molecule has 2 unspecified atom stereocenters. The summed E-state index contributed by atoms with van der Waals surface area (Å²) in [5.74, 6) is 2.27. The van der Waals surface area contributed by atoms with Gasteiger partial charge in [0.15, 0.2) is 0 Å². The van der Waals surface area contributed by atoms with Crippen molar-refractivity contribution in [3.8, 4) is 0 Å². The van der Waals surface area contributed by atoms with Crippen molar-refractivity contribution in [1.29, 1.82) is 0 Å². The number of benzene rings is 1. The molecule has 1 aromatic rings. The average Bonchev–Trinajstić information content (AvgIpc) is 2.40. The molecule has 1 aliphatic rings. The highest BCUT2D eigenvalue weighted by Gasteiger charge is 2.25. The minimum atomic E-state index is -0.175. The second-order valence-electron chi connectivity index (χ2n) is 5.07. The van der Waals surface area contributed by atoms with E-state index in [1.54, 1.807) is 0 Å². The first-order valence-electron chi connectivity index (χ1n) is 6.77. The molecular formula is C15H23NOS. The molecule has 1 heterocycles. The Morgan fingerprint density at radius 3 is 2.89 bits per heavy atom. The van der Waals surface area contributed by atoms with Crippen LogP contribution in [0.15, 0.2) is 30.3 Å². The fourth-order valence-electron chi connectivity index (χ4n) is 2.46. The van der Waals surface area contributed by atoms with Gasteiger partial charge in [-0.1, -0.05) is 30.3 Å². The summed E-state index contributed by atoms with van der Waals surface area (Å²) in [6.45, 7) is 1.10. The molecule has 1 saturated heterocycles. The van der Waals surface area contributed by atoms with E-state index in [0.717, 1.165) is 31.6 Å². The molecule has 0 bridgehead atoms. The van der Waals surface area contributed by atoms with Crippen LogP contribution in [-0.4, -0.2) is 47.3 Å².